The zero-order valence-electron chi connectivity index (χ0n) is 16.4. The van der Waals surface area contributed by atoms with Crippen molar-refractivity contribution in [2.45, 2.75) is 32.7 Å². The van der Waals surface area contributed by atoms with Crippen LogP contribution in [-0.4, -0.2) is 27.3 Å². The number of amides is 1. The molecular formula is C24H23N3O2. The van der Waals surface area contributed by atoms with Gasteiger partial charge < -0.3 is 14.3 Å². The summed E-state index contributed by atoms with van der Waals surface area (Å²) in [5, 5.41) is 1.07. The van der Waals surface area contributed by atoms with Gasteiger partial charge in [0.25, 0.3) is 5.91 Å². The average molecular weight is 385 g/mol. The Labute approximate surface area is 169 Å². The minimum atomic E-state index is 0.0124. The molecule has 0 bridgehead atoms. The normalized spacial score (nSPS) is 13.6. The van der Waals surface area contributed by atoms with Gasteiger partial charge in [0.15, 0.2) is 5.89 Å². The van der Waals surface area contributed by atoms with Crippen LogP contribution in [0.1, 0.15) is 39.0 Å². The number of benzene rings is 2. The van der Waals surface area contributed by atoms with Crippen LogP contribution in [0.3, 0.4) is 0 Å². The number of hydrogen-bond acceptors (Lipinski definition) is 3. The Morgan fingerprint density at radius 1 is 1.14 bits per heavy atom. The second kappa shape index (κ2) is 7.24. The summed E-state index contributed by atoms with van der Waals surface area (Å²) in [5.41, 5.74) is 4.96. The van der Waals surface area contributed by atoms with Crippen LogP contribution >= 0.6 is 0 Å². The van der Waals surface area contributed by atoms with Crippen molar-refractivity contribution in [1.29, 1.82) is 0 Å². The highest BCUT2D eigenvalue weighted by atomic mass is 16.4. The van der Waals surface area contributed by atoms with Gasteiger partial charge in [-0.05, 0) is 37.1 Å². The molecule has 2 aromatic carbocycles. The van der Waals surface area contributed by atoms with Gasteiger partial charge in [-0.25, -0.2) is 4.98 Å². The number of rotatable bonds is 4. The molecule has 3 heterocycles. The molecule has 1 aliphatic rings. The maximum atomic E-state index is 13.0. The molecular weight excluding hydrogens is 362 g/mol. The van der Waals surface area contributed by atoms with E-state index in [-0.39, 0.29) is 5.91 Å². The summed E-state index contributed by atoms with van der Waals surface area (Å²) in [7, 11) is 0. The van der Waals surface area contributed by atoms with E-state index in [1.54, 1.807) is 0 Å². The number of nitrogens with zero attached hydrogens (tertiary/aromatic N) is 2. The molecule has 0 fully saturated rings. The molecule has 0 unspecified atom stereocenters. The smallest absolute Gasteiger partial charge is 0.270 e. The summed E-state index contributed by atoms with van der Waals surface area (Å²) < 4.78 is 5.97. The molecule has 0 atom stereocenters. The third-order valence-electron chi connectivity index (χ3n) is 5.54. The minimum absolute atomic E-state index is 0.0124. The first-order valence-corrected chi connectivity index (χ1v) is 10.1. The second-order valence-corrected chi connectivity index (χ2v) is 7.71. The van der Waals surface area contributed by atoms with Gasteiger partial charge in [-0.15, -0.1) is 0 Å². The molecule has 5 heteroatoms. The summed E-state index contributed by atoms with van der Waals surface area (Å²) in [6.07, 6.45) is 2.38. The highest BCUT2D eigenvalue weighted by Gasteiger charge is 2.27. The van der Waals surface area contributed by atoms with E-state index in [0.29, 0.717) is 25.2 Å². The Morgan fingerprint density at radius 2 is 2.00 bits per heavy atom. The lowest BCUT2D eigenvalue weighted by Crippen LogP contribution is -2.36. The van der Waals surface area contributed by atoms with E-state index in [4.69, 9.17) is 4.42 Å². The molecule has 5 rings (SSSR count). The fourth-order valence-corrected chi connectivity index (χ4v) is 3.97. The van der Waals surface area contributed by atoms with E-state index in [1.165, 1.54) is 11.1 Å². The third-order valence-corrected chi connectivity index (χ3v) is 5.54. The molecule has 2 aromatic heterocycles. The van der Waals surface area contributed by atoms with Gasteiger partial charge in [0.1, 0.15) is 17.1 Å². The number of oxazole rings is 1. The SMILES string of the molecule is Cc1ccc2[nH]c(C(=O)N3CCc4oc(CCc5ccccc5)nc4C3)cc2c1. The molecule has 0 spiro atoms. The van der Waals surface area contributed by atoms with Gasteiger partial charge in [0.2, 0.25) is 0 Å². The Kier molecular flexibility index (Phi) is 4.43. The zero-order chi connectivity index (χ0) is 19.8. The Balaban J connectivity index is 1.29. The van der Waals surface area contributed by atoms with Crippen LogP contribution in [0.5, 0.6) is 0 Å². The average Bonchev–Trinajstić information content (AvgIpc) is 3.35. The summed E-state index contributed by atoms with van der Waals surface area (Å²) in [6, 6.07) is 18.4. The van der Waals surface area contributed by atoms with Gasteiger partial charge >= 0.3 is 0 Å². The molecule has 0 saturated heterocycles. The van der Waals surface area contributed by atoms with E-state index in [2.05, 4.69) is 35.1 Å². The topological polar surface area (TPSA) is 62.1 Å². The first kappa shape index (κ1) is 17.7. The van der Waals surface area contributed by atoms with Crippen LogP contribution in [0, 0.1) is 6.92 Å². The van der Waals surface area contributed by atoms with Crippen LogP contribution in [0.25, 0.3) is 10.9 Å². The maximum Gasteiger partial charge on any atom is 0.270 e. The summed E-state index contributed by atoms with van der Waals surface area (Å²) in [6.45, 7) is 3.20. The fourth-order valence-electron chi connectivity index (χ4n) is 3.97. The van der Waals surface area contributed by atoms with Crippen LogP contribution in [0.2, 0.25) is 0 Å². The van der Waals surface area contributed by atoms with Gasteiger partial charge in [-0.3, -0.25) is 4.79 Å². The van der Waals surface area contributed by atoms with E-state index in [0.717, 1.165) is 41.1 Å². The van der Waals surface area contributed by atoms with Gasteiger partial charge in [-0.1, -0.05) is 42.0 Å². The van der Waals surface area contributed by atoms with E-state index >= 15 is 0 Å². The van der Waals surface area contributed by atoms with Gasteiger partial charge in [-0.2, -0.15) is 0 Å². The Morgan fingerprint density at radius 3 is 2.86 bits per heavy atom. The van der Waals surface area contributed by atoms with Crippen molar-refractivity contribution in [3.8, 4) is 0 Å². The van der Waals surface area contributed by atoms with Crippen molar-refractivity contribution in [2.75, 3.05) is 6.54 Å². The number of H-pyrrole nitrogens is 1. The summed E-state index contributed by atoms with van der Waals surface area (Å²) in [4.78, 5) is 22.8. The molecule has 1 amide bonds. The number of carbonyl (C=O) groups is 1. The molecule has 5 nitrogen and oxygen atoms in total. The number of nitrogens with one attached hydrogen (secondary N) is 1. The van der Waals surface area contributed by atoms with Crippen molar-refractivity contribution >= 4 is 16.8 Å². The standard InChI is InChI=1S/C24H23N3O2/c1-16-7-9-19-18(13-16)14-20(25-19)24(28)27-12-11-22-21(15-27)26-23(29-22)10-8-17-5-3-2-4-6-17/h2-7,9,13-14,25H,8,10-12,15H2,1H3. The van der Waals surface area contributed by atoms with Crippen molar-refractivity contribution in [3.05, 3.63) is 88.8 Å². The van der Waals surface area contributed by atoms with Crippen LogP contribution < -0.4 is 0 Å². The molecule has 29 heavy (non-hydrogen) atoms. The van der Waals surface area contributed by atoms with Crippen molar-refractivity contribution < 1.29 is 9.21 Å². The predicted octanol–water partition coefficient (Wildman–Crippen LogP) is 4.45. The third kappa shape index (κ3) is 3.56. The van der Waals surface area contributed by atoms with Crippen molar-refractivity contribution in [1.82, 2.24) is 14.9 Å². The maximum absolute atomic E-state index is 13.0. The Bertz CT molecular complexity index is 1170. The number of aromatic nitrogens is 2. The Hall–Kier alpha value is -3.34. The monoisotopic (exact) mass is 385 g/mol. The lowest BCUT2D eigenvalue weighted by atomic mass is 10.1. The van der Waals surface area contributed by atoms with E-state index in [9.17, 15) is 4.79 Å². The molecule has 0 saturated carbocycles. The number of fused-ring (bicyclic) bond motifs is 2. The number of carbonyl (C=O) groups excluding carboxylic acids is 1. The predicted molar refractivity (Wildman–Crippen MR) is 112 cm³/mol. The number of aryl methyl sites for hydroxylation is 3. The highest BCUT2D eigenvalue weighted by molar-refractivity contribution is 5.98. The zero-order valence-corrected chi connectivity index (χ0v) is 16.4. The molecule has 0 radical (unpaired) electrons. The van der Waals surface area contributed by atoms with Crippen molar-refractivity contribution in [3.63, 3.8) is 0 Å². The van der Waals surface area contributed by atoms with Crippen molar-refractivity contribution in [2.24, 2.45) is 0 Å². The number of aromatic amines is 1. The van der Waals surface area contributed by atoms with Crippen LogP contribution in [0.4, 0.5) is 0 Å². The van der Waals surface area contributed by atoms with E-state index in [1.807, 2.05) is 41.3 Å². The van der Waals surface area contributed by atoms with Gasteiger partial charge in [0.05, 0.1) is 6.54 Å². The van der Waals surface area contributed by atoms with Crippen LogP contribution in [-0.2, 0) is 25.8 Å². The molecule has 146 valence electrons. The molecule has 1 N–H and O–H groups in total. The molecule has 1 aliphatic heterocycles. The molecule has 0 aliphatic carbocycles. The quantitative estimate of drug-likeness (QED) is 0.565. The first-order valence-electron chi connectivity index (χ1n) is 10.1. The highest BCUT2D eigenvalue weighted by Crippen LogP contribution is 2.24. The lowest BCUT2D eigenvalue weighted by Gasteiger charge is -2.24. The molecule has 4 aromatic rings. The fraction of sp³-hybridized carbons (Fsp3) is 0.250. The van der Waals surface area contributed by atoms with Crippen LogP contribution in [0.15, 0.2) is 59.0 Å². The largest absolute Gasteiger partial charge is 0.445 e. The second-order valence-electron chi connectivity index (χ2n) is 7.71. The van der Waals surface area contributed by atoms with E-state index < -0.39 is 0 Å². The summed E-state index contributed by atoms with van der Waals surface area (Å²) in [5.74, 6) is 1.69. The van der Waals surface area contributed by atoms with Gasteiger partial charge in [0, 0.05) is 30.3 Å². The minimum Gasteiger partial charge on any atom is -0.445 e. The lowest BCUT2D eigenvalue weighted by molar-refractivity contribution is 0.0723. The number of hydrogen-bond donors (Lipinski definition) is 1. The first-order chi connectivity index (χ1) is 14.2. The summed E-state index contributed by atoms with van der Waals surface area (Å²) >= 11 is 0.